The maximum Gasteiger partial charge on any atom is 0.238 e. The summed E-state index contributed by atoms with van der Waals surface area (Å²) in [7, 11) is 3.17. The Morgan fingerprint density at radius 2 is 2.10 bits per heavy atom. The van der Waals surface area contributed by atoms with Crippen molar-refractivity contribution < 1.29 is 14.3 Å². The van der Waals surface area contributed by atoms with Crippen LogP contribution in [-0.4, -0.2) is 44.7 Å². The molecule has 1 amide bonds. The zero-order valence-electron chi connectivity index (χ0n) is 13.0. The Kier molecular flexibility index (Phi) is 5.44. The van der Waals surface area contributed by atoms with Crippen LogP contribution in [0.2, 0.25) is 0 Å². The number of carbonyl (C=O) groups excluding carboxylic acids is 1. The lowest BCUT2D eigenvalue weighted by atomic mass is 10.0. The molecule has 5 nitrogen and oxygen atoms in total. The predicted molar refractivity (Wildman–Crippen MR) is 83.0 cm³/mol. The van der Waals surface area contributed by atoms with Gasteiger partial charge < -0.3 is 14.8 Å². The number of anilines is 1. The number of hydrogen-bond donors (Lipinski definition) is 1. The van der Waals surface area contributed by atoms with Crippen LogP contribution >= 0.6 is 0 Å². The molecular weight excluding hydrogens is 268 g/mol. The Bertz CT molecular complexity index is 490. The van der Waals surface area contributed by atoms with Gasteiger partial charge in [-0.15, -0.1) is 0 Å². The summed E-state index contributed by atoms with van der Waals surface area (Å²) in [5.41, 5.74) is 0.725. The first-order valence-corrected chi connectivity index (χ1v) is 7.36. The molecule has 21 heavy (non-hydrogen) atoms. The largest absolute Gasteiger partial charge is 0.493 e. The van der Waals surface area contributed by atoms with Crippen molar-refractivity contribution in [2.75, 3.05) is 39.2 Å². The SMILES string of the molecule is COc1ccc(NC(=O)CN2CCCC(C)C2)cc1OC. The molecule has 1 heterocycles. The second-order valence-corrected chi connectivity index (χ2v) is 5.60. The minimum atomic E-state index is 0.0105. The van der Waals surface area contributed by atoms with Crippen molar-refractivity contribution in [2.24, 2.45) is 5.92 Å². The van der Waals surface area contributed by atoms with Gasteiger partial charge in [0.1, 0.15) is 0 Å². The number of nitrogens with zero attached hydrogens (tertiary/aromatic N) is 1. The lowest BCUT2D eigenvalue weighted by Gasteiger charge is -2.30. The Hall–Kier alpha value is -1.75. The van der Waals surface area contributed by atoms with Crippen molar-refractivity contribution >= 4 is 11.6 Å². The molecule has 1 aromatic carbocycles. The van der Waals surface area contributed by atoms with E-state index >= 15 is 0 Å². The summed E-state index contributed by atoms with van der Waals surface area (Å²) in [5.74, 6) is 1.95. The zero-order chi connectivity index (χ0) is 15.2. The number of likely N-dealkylation sites (tertiary alicyclic amines) is 1. The van der Waals surface area contributed by atoms with E-state index in [2.05, 4.69) is 17.1 Å². The molecule has 1 aromatic rings. The second kappa shape index (κ2) is 7.31. The van der Waals surface area contributed by atoms with Gasteiger partial charge in [-0.1, -0.05) is 6.92 Å². The van der Waals surface area contributed by atoms with E-state index in [9.17, 15) is 4.79 Å². The summed E-state index contributed by atoms with van der Waals surface area (Å²) in [6, 6.07) is 5.38. The first-order valence-electron chi connectivity index (χ1n) is 7.36. The summed E-state index contributed by atoms with van der Waals surface area (Å²) in [4.78, 5) is 14.3. The third kappa shape index (κ3) is 4.36. The monoisotopic (exact) mass is 292 g/mol. The molecule has 2 rings (SSSR count). The van der Waals surface area contributed by atoms with Gasteiger partial charge in [0.05, 0.1) is 20.8 Å². The van der Waals surface area contributed by atoms with Crippen LogP contribution in [0.15, 0.2) is 18.2 Å². The molecule has 0 radical (unpaired) electrons. The topological polar surface area (TPSA) is 50.8 Å². The lowest BCUT2D eigenvalue weighted by molar-refractivity contribution is -0.117. The Morgan fingerprint density at radius 1 is 1.33 bits per heavy atom. The predicted octanol–water partition coefficient (Wildman–Crippen LogP) is 2.37. The highest BCUT2D eigenvalue weighted by Crippen LogP contribution is 2.29. The van der Waals surface area contributed by atoms with Crippen LogP contribution in [0.5, 0.6) is 11.5 Å². The van der Waals surface area contributed by atoms with Crippen molar-refractivity contribution in [1.29, 1.82) is 0 Å². The highest BCUT2D eigenvalue weighted by molar-refractivity contribution is 5.92. The zero-order valence-corrected chi connectivity index (χ0v) is 13.0. The molecule has 0 saturated carbocycles. The molecule has 1 fully saturated rings. The number of methoxy groups -OCH3 is 2. The number of rotatable bonds is 5. The maximum absolute atomic E-state index is 12.1. The van der Waals surface area contributed by atoms with Gasteiger partial charge in [0, 0.05) is 18.3 Å². The molecule has 116 valence electrons. The fourth-order valence-corrected chi connectivity index (χ4v) is 2.75. The summed E-state index contributed by atoms with van der Waals surface area (Å²) in [6.07, 6.45) is 2.43. The molecule has 1 aliphatic heterocycles. The number of hydrogen-bond acceptors (Lipinski definition) is 4. The molecule has 0 spiro atoms. The third-order valence-electron chi connectivity index (χ3n) is 3.78. The molecule has 1 aliphatic rings. The molecule has 1 N–H and O–H groups in total. The summed E-state index contributed by atoms with van der Waals surface area (Å²) in [6.45, 7) is 4.68. The molecule has 0 aliphatic carbocycles. The second-order valence-electron chi connectivity index (χ2n) is 5.60. The van der Waals surface area contributed by atoms with Crippen LogP contribution in [0.25, 0.3) is 0 Å². The smallest absolute Gasteiger partial charge is 0.238 e. The number of carbonyl (C=O) groups is 1. The number of piperidine rings is 1. The van der Waals surface area contributed by atoms with Crippen molar-refractivity contribution in [2.45, 2.75) is 19.8 Å². The van der Waals surface area contributed by atoms with Gasteiger partial charge in [0.15, 0.2) is 11.5 Å². The van der Waals surface area contributed by atoms with Crippen LogP contribution < -0.4 is 14.8 Å². The number of ether oxygens (including phenoxy) is 2. The van der Waals surface area contributed by atoms with Gasteiger partial charge >= 0.3 is 0 Å². The minimum absolute atomic E-state index is 0.0105. The highest BCUT2D eigenvalue weighted by Gasteiger charge is 2.18. The van der Waals surface area contributed by atoms with Gasteiger partial charge in [-0.25, -0.2) is 0 Å². The van der Waals surface area contributed by atoms with Gasteiger partial charge in [-0.05, 0) is 37.4 Å². The van der Waals surface area contributed by atoms with E-state index in [0.717, 1.165) is 18.8 Å². The fourth-order valence-electron chi connectivity index (χ4n) is 2.75. The van der Waals surface area contributed by atoms with Crippen LogP contribution in [-0.2, 0) is 4.79 Å². The molecule has 0 aromatic heterocycles. The summed E-state index contributed by atoms with van der Waals surface area (Å²) >= 11 is 0. The van der Waals surface area contributed by atoms with Gasteiger partial charge in [-0.3, -0.25) is 9.69 Å². The van der Waals surface area contributed by atoms with Crippen LogP contribution in [0.4, 0.5) is 5.69 Å². The van der Waals surface area contributed by atoms with E-state index in [1.165, 1.54) is 12.8 Å². The quantitative estimate of drug-likeness (QED) is 0.905. The normalized spacial score (nSPS) is 19.1. The van der Waals surface area contributed by atoms with E-state index in [-0.39, 0.29) is 5.91 Å². The molecule has 1 unspecified atom stereocenters. The lowest BCUT2D eigenvalue weighted by Crippen LogP contribution is -2.39. The van der Waals surface area contributed by atoms with Crippen LogP contribution in [0.3, 0.4) is 0 Å². The van der Waals surface area contributed by atoms with E-state index in [1.54, 1.807) is 26.4 Å². The number of amides is 1. The van der Waals surface area contributed by atoms with E-state index in [4.69, 9.17) is 9.47 Å². The first-order chi connectivity index (χ1) is 10.1. The highest BCUT2D eigenvalue weighted by atomic mass is 16.5. The van der Waals surface area contributed by atoms with Gasteiger partial charge in [-0.2, -0.15) is 0 Å². The van der Waals surface area contributed by atoms with Crippen molar-refractivity contribution in [3.05, 3.63) is 18.2 Å². The molecule has 0 bridgehead atoms. The Balaban J connectivity index is 1.93. The minimum Gasteiger partial charge on any atom is -0.493 e. The molecule has 1 saturated heterocycles. The van der Waals surface area contributed by atoms with Crippen molar-refractivity contribution in [1.82, 2.24) is 4.90 Å². The molecular formula is C16H24N2O3. The Morgan fingerprint density at radius 3 is 2.76 bits per heavy atom. The molecule has 1 atom stereocenters. The Labute approximate surface area is 126 Å². The van der Waals surface area contributed by atoms with Crippen LogP contribution in [0.1, 0.15) is 19.8 Å². The van der Waals surface area contributed by atoms with Crippen LogP contribution in [0, 0.1) is 5.92 Å². The van der Waals surface area contributed by atoms with Crippen molar-refractivity contribution in [3.63, 3.8) is 0 Å². The average molecular weight is 292 g/mol. The van der Waals surface area contributed by atoms with E-state index in [0.29, 0.717) is 24.0 Å². The van der Waals surface area contributed by atoms with E-state index in [1.807, 2.05) is 6.07 Å². The molecule has 5 heteroatoms. The summed E-state index contributed by atoms with van der Waals surface area (Å²) < 4.78 is 10.4. The van der Waals surface area contributed by atoms with Gasteiger partial charge in [0.2, 0.25) is 5.91 Å². The third-order valence-corrected chi connectivity index (χ3v) is 3.78. The first kappa shape index (κ1) is 15.6. The summed E-state index contributed by atoms with van der Waals surface area (Å²) in [5, 5.41) is 2.91. The number of nitrogens with one attached hydrogen (secondary N) is 1. The standard InChI is InChI=1S/C16H24N2O3/c1-12-5-4-8-18(10-12)11-16(19)17-13-6-7-14(20-2)15(9-13)21-3/h6-7,9,12H,4-5,8,10-11H2,1-3H3,(H,17,19). The van der Waals surface area contributed by atoms with E-state index < -0.39 is 0 Å². The number of benzene rings is 1. The average Bonchev–Trinajstić information content (AvgIpc) is 2.47. The van der Waals surface area contributed by atoms with Gasteiger partial charge in [0.25, 0.3) is 0 Å². The maximum atomic E-state index is 12.1. The fraction of sp³-hybridized carbons (Fsp3) is 0.562. The van der Waals surface area contributed by atoms with Crippen molar-refractivity contribution in [3.8, 4) is 11.5 Å².